The zero-order chi connectivity index (χ0) is 22.5. The number of carbonyl (C=O) groups excluding carboxylic acids is 3. The lowest BCUT2D eigenvalue weighted by Crippen LogP contribution is -2.38. The molecule has 1 saturated heterocycles. The van der Waals surface area contributed by atoms with E-state index in [2.05, 4.69) is 10.6 Å². The van der Waals surface area contributed by atoms with Gasteiger partial charge in [0.1, 0.15) is 12.2 Å². The largest absolute Gasteiger partial charge is 0.491 e. The molecule has 1 aliphatic heterocycles. The maximum Gasteiger partial charge on any atom is 0.329 e. The summed E-state index contributed by atoms with van der Waals surface area (Å²) in [6, 6.07) is 9.81. The fraction of sp³-hybridized carbons (Fsp3) is 0.227. The number of benzene rings is 2. The zero-order valence-electron chi connectivity index (χ0n) is 17.0. The van der Waals surface area contributed by atoms with Crippen molar-refractivity contribution >= 4 is 52.8 Å². The number of amides is 4. The van der Waals surface area contributed by atoms with E-state index in [0.717, 1.165) is 16.9 Å². The van der Waals surface area contributed by atoms with Gasteiger partial charge in [-0.2, -0.15) is 0 Å². The average Bonchev–Trinajstić information content (AvgIpc) is 2.98. The third-order valence-electron chi connectivity index (χ3n) is 4.56. The lowest BCUT2D eigenvalue weighted by Gasteiger charge is -2.13. The van der Waals surface area contributed by atoms with Crippen LogP contribution < -0.4 is 15.4 Å². The van der Waals surface area contributed by atoms with Gasteiger partial charge in [0.2, 0.25) is 5.91 Å². The summed E-state index contributed by atoms with van der Waals surface area (Å²) in [7, 11) is 0. The van der Waals surface area contributed by atoms with E-state index in [1.807, 2.05) is 19.1 Å². The van der Waals surface area contributed by atoms with Crippen molar-refractivity contribution in [1.29, 1.82) is 0 Å². The second-order valence-corrected chi connectivity index (χ2v) is 7.50. The van der Waals surface area contributed by atoms with Gasteiger partial charge in [-0.1, -0.05) is 48.3 Å². The molecule has 0 atom stereocenters. The molecule has 162 valence electrons. The Balaban J connectivity index is 1.74. The number of rotatable bonds is 7. The summed E-state index contributed by atoms with van der Waals surface area (Å²) in [6.45, 7) is 3.76. The number of hydrogen-bond acceptors (Lipinski definition) is 4. The molecule has 0 radical (unpaired) electrons. The van der Waals surface area contributed by atoms with Gasteiger partial charge in [-0.05, 0) is 48.7 Å². The smallest absolute Gasteiger partial charge is 0.329 e. The maximum absolute atomic E-state index is 12.7. The molecular weight excluding hydrogens is 441 g/mol. The Kier molecular flexibility index (Phi) is 7.20. The van der Waals surface area contributed by atoms with Gasteiger partial charge in [0.25, 0.3) is 5.91 Å². The van der Waals surface area contributed by atoms with Crippen molar-refractivity contribution in [2.75, 3.05) is 18.5 Å². The van der Waals surface area contributed by atoms with E-state index in [-0.39, 0.29) is 15.7 Å². The molecule has 7 nitrogen and oxygen atoms in total. The van der Waals surface area contributed by atoms with Gasteiger partial charge in [-0.15, -0.1) is 0 Å². The summed E-state index contributed by atoms with van der Waals surface area (Å²) in [5, 5.41) is 5.78. The predicted molar refractivity (Wildman–Crippen MR) is 120 cm³/mol. The van der Waals surface area contributed by atoms with E-state index in [1.54, 1.807) is 31.2 Å². The Labute approximate surface area is 190 Å². The number of aryl methyl sites for hydroxylation is 1. The summed E-state index contributed by atoms with van der Waals surface area (Å²) in [5.74, 6) is -0.747. The fourth-order valence-electron chi connectivity index (χ4n) is 3.11. The van der Waals surface area contributed by atoms with Crippen LogP contribution in [0.5, 0.6) is 5.75 Å². The van der Waals surface area contributed by atoms with Gasteiger partial charge in [0, 0.05) is 5.69 Å². The van der Waals surface area contributed by atoms with Crippen LogP contribution in [-0.2, 0) is 16.0 Å². The van der Waals surface area contributed by atoms with Gasteiger partial charge in [-0.25, -0.2) is 9.69 Å². The standard InChI is InChI=1S/C22H21Cl2N3O4/c1-3-14-7-5-6-8-17(14)25-19(28)12-27-21(29)18(26-22(27)30)11-13-9-15(23)20(31-4-2)16(24)10-13/h5-11H,3-4,12H2,1-2H3,(H,25,28)(H,26,30)/b18-11+. The minimum atomic E-state index is -0.682. The molecule has 1 heterocycles. The average molecular weight is 462 g/mol. The van der Waals surface area contributed by atoms with Crippen LogP contribution in [0.1, 0.15) is 25.0 Å². The number of nitrogens with zero attached hydrogens (tertiary/aromatic N) is 1. The number of carbonyl (C=O) groups is 3. The SMILES string of the molecule is CCOc1c(Cl)cc(/C=C2/NC(=O)N(CC(=O)Nc3ccccc3CC)C2=O)cc1Cl. The third-order valence-corrected chi connectivity index (χ3v) is 5.12. The molecule has 0 bridgehead atoms. The molecular formula is C22H21Cl2N3O4. The number of imide groups is 1. The van der Waals surface area contributed by atoms with Gasteiger partial charge in [0.15, 0.2) is 5.75 Å². The molecule has 0 aromatic heterocycles. The molecule has 2 aromatic carbocycles. The van der Waals surface area contributed by atoms with E-state index in [0.29, 0.717) is 23.6 Å². The zero-order valence-corrected chi connectivity index (χ0v) is 18.5. The molecule has 1 aliphatic rings. The molecule has 4 amide bonds. The summed E-state index contributed by atoms with van der Waals surface area (Å²) in [4.78, 5) is 38.2. The highest BCUT2D eigenvalue weighted by Gasteiger charge is 2.35. The van der Waals surface area contributed by atoms with Gasteiger partial charge in [0.05, 0.1) is 16.7 Å². The van der Waals surface area contributed by atoms with Crippen molar-refractivity contribution in [2.45, 2.75) is 20.3 Å². The number of urea groups is 1. The second-order valence-electron chi connectivity index (χ2n) is 6.69. The van der Waals surface area contributed by atoms with E-state index in [1.165, 1.54) is 6.08 Å². The number of ether oxygens (including phenoxy) is 1. The Bertz CT molecular complexity index is 1050. The van der Waals surface area contributed by atoms with Crippen LogP contribution in [0.2, 0.25) is 10.0 Å². The third kappa shape index (κ3) is 5.18. The highest BCUT2D eigenvalue weighted by molar-refractivity contribution is 6.37. The first-order valence-corrected chi connectivity index (χ1v) is 10.4. The number of para-hydroxylation sites is 1. The molecule has 9 heteroatoms. The molecule has 2 N–H and O–H groups in total. The lowest BCUT2D eigenvalue weighted by atomic mass is 10.1. The quantitative estimate of drug-likeness (QED) is 0.469. The van der Waals surface area contributed by atoms with Gasteiger partial charge < -0.3 is 15.4 Å². The van der Waals surface area contributed by atoms with Crippen molar-refractivity contribution < 1.29 is 19.1 Å². The van der Waals surface area contributed by atoms with E-state index in [4.69, 9.17) is 27.9 Å². The lowest BCUT2D eigenvalue weighted by molar-refractivity contribution is -0.127. The first-order chi connectivity index (χ1) is 14.8. The van der Waals surface area contributed by atoms with E-state index < -0.39 is 24.4 Å². The van der Waals surface area contributed by atoms with Crippen molar-refractivity contribution in [2.24, 2.45) is 0 Å². The number of halogens is 2. The summed E-state index contributed by atoms with van der Waals surface area (Å²) >= 11 is 12.4. The molecule has 0 spiro atoms. The van der Waals surface area contributed by atoms with Crippen molar-refractivity contribution in [3.63, 3.8) is 0 Å². The van der Waals surface area contributed by atoms with Crippen LogP contribution in [0.3, 0.4) is 0 Å². The fourth-order valence-corrected chi connectivity index (χ4v) is 3.72. The van der Waals surface area contributed by atoms with Crippen LogP contribution >= 0.6 is 23.2 Å². The molecule has 0 unspecified atom stereocenters. The van der Waals surface area contributed by atoms with Crippen LogP contribution in [-0.4, -0.2) is 35.9 Å². The number of anilines is 1. The topological polar surface area (TPSA) is 87.7 Å². The summed E-state index contributed by atoms with van der Waals surface area (Å²) < 4.78 is 5.38. The summed E-state index contributed by atoms with van der Waals surface area (Å²) in [5.41, 5.74) is 2.13. The highest BCUT2D eigenvalue weighted by Crippen LogP contribution is 2.35. The van der Waals surface area contributed by atoms with Crippen LogP contribution in [0.4, 0.5) is 10.5 Å². The van der Waals surface area contributed by atoms with E-state index >= 15 is 0 Å². The molecule has 1 fully saturated rings. The van der Waals surface area contributed by atoms with Crippen molar-refractivity contribution in [3.8, 4) is 5.75 Å². The normalized spacial score (nSPS) is 14.7. The van der Waals surface area contributed by atoms with Crippen LogP contribution in [0, 0.1) is 0 Å². The molecule has 31 heavy (non-hydrogen) atoms. The Hall–Kier alpha value is -3.03. The van der Waals surface area contributed by atoms with E-state index in [9.17, 15) is 14.4 Å². The van der Waals surface area contributed by atoms with Crippen molar-refractivity contribution in [3.05, 3.63) is 63.3 Å². The second kappa shape index (κ2) is 9.85. The highest BCUT2D eigenvalue weighted by atomic mass is 35.5. The minimum Gasteiger partial charge on any atom is -0.491 e. The maximum atomic E-state index is 12.7. The Morgan fingerprint density at radius 3 is 2.48 bits per heavy atom. The van der Waals surface area contributed by atoms with Crippen molar-refractivity contribution in [1.82, 2.24) is 10.2 Å². The van der Waals surface area contributed by atoms with Gasteiger partial charge >= 0.3 is 6.03 Å². The Morgan fingerprint density at radius 1 is 1.16 bits per heavy atom. The molecule has 0 saturated carbocycles. The predicted octanol–water partition coefficient (Wildman–Crippen LogP) is 4.49. The molecule has 2 aromatic rings. The first-order valence-electron chi connectivity index (χ1n) is 9.68. The number of nitrogens with one attached hydrogen (secondary N) is 2. The number of hydrogen-bond donors (Lipinski definition) is 2. The Morgan fingerprint density at radius 2 is 1.84 bits per heavy atom. The first kappa shape index (κ1) is 22.7. The minimum absolute atomic E-state index is 0.0167. The molecule has 0 aliphatic carbocycles. The summed E-state index contributed by atoms with van der Waals surface area (Å²) in [6.07, 6.45) is 2.18. The molecule has 3 rings (SSSR count). The monoisotopic (exact) mass is 461 g/mol. The van der Waals surface area contributed by atoms with Crippen LogP contribution in [0.25, 0.3) is 6.08 Å². The van der Waals surface area contributed by atoms with Crippen LogP contribution in [0.15, 0.2) is 42.1 Å². The van der Waals surface area contributed by atoms with Gasteiger partial charge in [-0.3, -0.25) is 9.59 Å².